The number of nitro benzene ring substituents is 1. The first-order chi connectivity index (χ1) is 9.49. The molecule has 0 fully saturated rings. The van der Waals surface area contributed by atoms with Gasteiger partial charge in [-0.15, -0.1) is 0 Å². The molecular formula is C16H15NO3. The van der Waals surface area contributed by atoms with Crippen LogP contribution in [0.3, 0.4) is 0 Å². The van der Waals surface area contributed by atoms with Crippen LogP contribution in [0.2, 0.25) is 0 Å². The number of nitro groups is 1. The number of rotatable bonds is 4. The van der Waals surface area contributed by atoms with Crippen molar-refractivity contribution >= 4 is 11.5 Å². The minimum atomic E-state index is -0.417. The van der Waals surface area contributed by atoms with Crippen LogP contribution in [0, 0.1) is 16.0 Å². The molecule has 2 rings (SSSR count). The monoisotopic (exact) mass is 269 g/mol. The molecule has 2 aromatic rings. The Kier molecular flexibility index (Phi) is 3.94. The van der Waals surface area contributed by atoms with Crippen LogP contribution in [0.5, 0.6) is 0 Å². The maximum Gasteiger partial charge on any atom is 0.270 e. The quantitative estimate of drug-likeness (QED) is 0.477. The molecule has 0 radical (unpaired) electrons. The first-order valence-corrected chi connectivity index (χ1v) is 6.38. The van der Waals surface area contributed by atoms with Crippen molar-refractivity contribution in [2.24, 2.45) is 5.92 Å². The van der Waals surface area contributed by atoms with Crippen LogP contribution < -0.4 is 0 Å². The summed E-state index contributed by atoms with van der Waals surface area (Å²) in [5.74, 6) is 0.0502. The molecule has 102 valence electrons. The van der Waals surface area contributed by atoms with Crippen molar-refractivity contribution in [3.8, 4) is 11.1 Å². The Morgan fingerprint density at radius 1 is 1.05 bits per heavy atom. The number of nitrogens with zero attached hydrogens (tertiary/aromatic N) is 1. The summed E-state index contributed by atoms with van der Waals surface area (Å²) in [7, 11) is 0. The Morgan fingerprint density at radius 2 is 1.70 bits per heavy atom. The molecule has 0 spiro atoms. The van der Waals surface area contributed by atoms with E-state index in [9.17, 15) is 14.9 Å². The number of carbonyl (C=O) groups is 1. The van der Waals surface area contributed by atoms with Crippen LogP contribution in [0.4, 0.5) is 5.69 Å². The van der Waals surface area contributed by atoms with Gasteiger partial charge in [0.25, 0.3) is 5.69 Å². The van der Waals surface area contributed by atoms with E-state index >= 15 is 0 Å². The predicted molar refractivity (Wildman–Crippen MR) is 77.7 cm³/mol. The van der Waals surface area contributed by atoms with Crippen molar-refractivity contribution in [1.82, 2.24) is 0 Å². The SMILES string of the molecule is CC(C)C(=O)c1ccc(-c2cccc([N+](=O)[O-])c2)cc1. The molecule has 0 unspecified atom stereocenters. The van der Waals surface area contributed by atoms with Crippen molar-refractivity contribution in [1.29, 1.82) is 0 Å². The second-order valence-corrected chi connectivity index (χ2v) is 4.90. The van der Waals surface area contributed by atoms with Crippen LogP contribution in [0.1, 0.15) is 24.2 Å². The van der Waals surface area contributed by atoms with Gasteiger partial charge in [0.15, 0.2) is 5.78 Å². The fourth-order valence-corrected chi connectivity index (χ4v) is 1.96. The summed E-state index contributed by atoms with van der Waals surface area (Å²) < 4.78 is 0. The molecule has 0 amide bonds. The molecule has 0 aromatic heterocycles. The average molecular weight is 269 g/mol. The highest BCUT2D eigenvalue weighted by Crippen LogP contribution is 2.24. The van der Waals surface area contributed by atoms with Gasteiger partial charge < -0.3 is 0 Å². The Bertz CT molecular complexity index is 645. The van der Waals surface area contributed by atoms with E-state index in [0.29, 0.717) is 5.56 Å². The average Bonchev–Trinajstić information content (AvgIpc) is 2.46. The van der Waals surface area contributed by atoms with Gasteiger partial charge in [0.05, 0.1) is 4.92 Å². The zero-order chi connectivity index (χ0) is 14.7. The highest BCUT2D eigenvalue weighted by molar-refractivity contribution is 5.97. The number of non-ortho nitro benzene ring substituents is 1. The lowest BCUT2D eigenvalue weighted by Gasteiger charge is -2.06. The molecule has 0 saturated heterocycles. The fourth-order valence-electron chi connectivity index (χ4n) is 1.96. The highest BCUT2D eigenvalue weighted by atomic mass is 16.6. The molecule has 0 aliphatic rings. The lowest BCUT2D eigenvalue weighted by atomic mass is 9.98. The predicted octanol–water partition coefficient (Wildman–Crippen LogP) is 4.10. The lowest BCUT2D eigenvalue weighted by Crippen LogP contribution is -2.06. The third-order valence-corrected chi connectivity index (χ3v) is 3.08. The van der Waals surface area contributed by atoms with E-state index < -0.39 is 4.92 Å². The maximum absolute atomic E-state index is 11.8. The van der Waals surface area contributed by atoms with Gasteiger partial charge in [-0.1, -0.05) is 50.2 Å². The Morgan fingerprint density at radius 3 is 2.25 bits per heavy atom. The molecular weight excluding hydrogens is 254 g/mol. The van der Waals surface area contributed by atoms with E-state index in [-0.39, 0.29) is 17.4 Å². The van der Waals surface area contributed by atoms with Crippen molar-refractivity contribution < 1.29 is 9.72 Å². The lowest BCUT2D eigenvalue weighted by molar-refractivity contribution is -0.384. The molecule has 4 nitrogen and oxygen atoms in total. The van der Waals surface area contributed by atoms with E-state index in [1.807, 2.05) is 32.0 Å². The zero-order valence-corrected chi connectivity index (χ0v) is 11.4. The van der Waals surface area contributed by atoms with E-state index in [1.165, 1.54) is 12.1 Å². The first kappa shape index (κ1) is 13.9. The van der Waals surface area contributed by atoms with Gasteiger partial charge in [0, 0.05) is 23.6 Å². The van der Waals surface area contributed by atoms with E-state index in [0.717, 1.165) is 11.1 Å². The third-order valence-electron chi connectivity index (χ3n) is 3.08. The van der Waals surface area contributed by atoms with E-state index in [2.05, 4.69) is 0 Å². The normalized spacial score (nSPS) is 10.6. The molecule has 0 N–H and O–H groups in total. The Labute approximate surface area is 117 Å². The van der Waals surface area contributed by atoms with Crippen molar-refractivity contribution in [3.05, 3.63) is 64.2 Å². The fraction of sp³-hybridized carbons (Fsp3) is 0.188. The number of Topliss-reactive ketones (excluding diaryl/α,β-unsaturated/α-hetero) is 1. The van der Waals surface area contributed by atoms with Crippen LogP contribution in [-0.2, 0) is 0 Å². The number of ketones is 1. The smallest absolute Gasteiger partial charge is 0.270 e. The first-order valence-electron chi connectivity index (χ1n) is 6.38. The second-order valence-electron chi connectivity index (χ2n) is 4.90. The third kappa shape index (κ3) is 2.91. The summed E-state index contributed by atoms with van der Waals surface area (Å²) in [6.45, 7) is 3.72. The van der Waals surface area contributed by atoms with Gasteiger partial charge in [-0.2, -0.15) is 0 Å². The summed E-state index contributed by atoms with van der Waals surface area (Å²) in [5.41, 5.74) is 2.34. The zero-order valence-electron chi connectivity index (χ0n) is 11.4. The van der Waals surface area contributed by atoms with E-state index in [4.69, 9.17) is 0 Å². The molecule has 0 bridgehead atoms. The molecule has 0 aliphatic carbocycles. The van der Waals surface area contributed by atoms with Crippen LogP contribution in [-0.4, -0.2) is 10.7 Å². The number of carbonyl (C=O) groups excluding carboxylic acids is 1. The minimum Gasteiger partial charge on any atom is -0.294 e. The molecule has 4 heteroatoms. The van der Waals surface area contributed by atoms with Crippen molar-refractivity contribution in [2.45, 2.75) is 13.8 Å². The largest absolute Gasteiger partial charge is 0.294 e. The minimum absolute atomic E-state index is 0.0429. The standard InChI is InChI=1S/C16H15NO3/c1-11(2)16(18)13-8-6-12(7-9-13)14-4-3-5-15(10-14)17(19)20/h3-11H,1-2H3. The Hall–Kier alpha value is -2.49. The van der Waals surface area contributed by atoms with Gasteiger partial charge in [0.1, 0.15) is 0 Å². The van der Waals surface area contributed by atoms with Crippen LogP contribution >= 0.6 is 0 Å². The summed E-state index contributed by atoms with van der Waals surface area (Å²) in [5, 5.41) is 10.8. The Balaban J connectivity index is 2.33. The molecule has 0 saturated carbocycles. The van der Waals surface area contributed by atoms with Gasteiger partial charge in [-0.3, -0.25) is 14.9 Å². The van der Waals surface area contributed by atoms with Crippen LogP contribution in [0.15, 0.2) is 48.5 Å². The van der Waals surface area contributed by atoms with Crippen molar-refractivity contribution in [2.75, 3.05) is 0 Å². The van der Waals surface area contributed by atoms with Gasteiger partial charge in [-0.25, -0.2) is 0 Å². The van der Waals surface area contributed by atoms with Crippen molar-refractivity contribution in [3.63, 3.8) is 0 Å². The number of hydrogen-bond donors (Lipinski definition) is 0. The molecule has 20 heavy (non-hydrogen) atoms. The van der Waals surface area contributed by atoms with Gasteiger partial charge >= 0.3 is 0 Å². The summed E-state index contributed by atoms with van der Waals surface area (Å²) in [4.78, 5) is 22.2. The molecule has 0 aliphatic heterocycles. The highest BCUT2D eigenvalue weighted by Gasteiger charge is 2.11. The summed E-state index contributed by atoms with van der Waals surface area (Å²) >= 11 is 0. The summed E-state index contributed by atoms with van der Waals surface area (Å²) in [6.07, 6.45) is 0. The van der Waals surface area contributed by atoms with Gasteiger partial charge in [0.2, 0.25) is 0 Å². The number of benzene rings is 2. The van der Waals surface area contributed by atoms with Crippen LogP contribution in [0.25, 0.3) is 11.1 Å². The second kappa shape index (κ2) is 5.65. The molecule has 0 heterocycles. The topological polar surface area (TPSA) is 60.2 Å². The summed E-state index contributed by atoms with van der Waals surface area (Å²) in [6, 6.07) is 13.6. The molecule has 0 atom stereocenters. The van der Waals surface area contributed by atoms with Gasteiger partial charge in [-0.05, 0) is 11.1 Å². The van der Waals surface area contributed by atoms with E-state index in [1.54, 1.807) is 18.2 Å². The maximum atomic E-state index is 11.8. The molecule has 2 aromatic carbocycles. The number of hydrogen-bond acceptors (Lipinski definition) is 3.